The number of carbonyl (C=O) groups excluding carboxylic acids is 1. The van der Waals surface area contributed by atoms with Gasteiger partial charge < -0.3 is 10.2 Å². The van der Waals surface area contributed by atoms with Crippen molar-refractivity contribution in [3.63, 3.8) is 0 Å². The van der Waals surface area contributed by atoms with Crippen LogP contribution in [0.5, 0.6) is 0 Å². The van der Waals surface area contributed by atoms with Gasteiger partial charge in [-0.05, 0) is 62.7 Å². The zero-order valence-electron chi connectivity index (χ0n) is 15.5. The summed E-state index contributed by atoms with van der Waals surface area (Å²) in [6, 6.07) is 12.0. The Hall–Kier alpha value is -2.25. The Kier molecular flexibility index (Phi) is 6.23. The van der Waals surface area contributed by atoms with Gasteiger partial charge in [0.15, 0.2) is 9.84 Å². The summed E-state index contributed by atoms with van der Waals surface area (Å²) in [6.45, 7) is 2.22. The van der Waals surface area contributed by atoms with Crippen LogP contribution in [0.25, 0.3) is 0 Å². The molecule has 0 saturated carbocycles. The molecule has 1 unspecified atom stereocenters. The van der Waals surface area contributed by atoms with Crippen LogP contribution in [0.15, 0.2) is 53.6 Å². The molecule has 7 heteroatoms. The zero-order chi connectivity index (χ0) is 19.3. The number of sulfone groups is 1. The Morgan fingerprint density at radius 2 is 2.04 bits per heavy atom. The maximum Gasteiger partial charge on any atom is 0.254 e. The molecule has 1 atom stereocenters. The fourth-order valence-electron chi connectivity index (χ4n) is 3.37. The van der Waals surface area contributed by atoms with Gasteiger partial charge in [-0.3, -0.25) is 9.78 Å². The molecule has 6 nitrogen and oxygen atoms in total. The summed E-state index contributed by atoms with van der Waals surface area (Å²) in [5.41, 5.74) is 1.22. The lowest BCUT2D eigenvalue weighted by molar-refractivity contribution is 0.0642. The van der Waals surface area contributed by atoms with E-state index in [1.165, 1.54) is 12.1 Å². The normalized spacial score (nSPS) is 17.9. The highest BCUT2D eigenvalue weighted by Gasteiger charge is 2.26. The van der Waals surface area contributed by atoms with Gasteiger partial charge in [0.2, 0.25) is 0 Å². The first-order chi connectivity index (χ1) is 12.9. The van der Waals surface area contributed by atoms with E-state index in [9.17, 15) is 13.2 Å². The Balaban J connectivity index is 1.92. The van der Waals surface area contributed by atoms with E-state index < -0.39 is 9.84 Å². The van der Waals surface area contributed by atoms with Crippen molar-refractivity contribution in [1.29, 1.82) is 0 Å². The van der Waals surface area contributed by atoms with Crippen LogP contribution in [0.3, 0.4) is 0 Å². The minimum Gasteiger partial charge on any atom is -0.330 e. The molecule has 3 rings (SSSR count). The van der Waals surface area contributed by atoms with Crippen molar-refractivity contribution in [3.8, 4) is 0 Å². The SMILES string of the molecule is CS(=O)(=O)c1cccc(C(=O)N(Cc2ccccn2)C2CCCNCC2)c1. The predicted octanol–water partition coefficient (Wildman–Crippen LogP) is 2.27. The summed E-state index contributed by atoms with van der Waals surface area (Å²) in [6.07, 6.45) is 5.65. The topological polar surface area (TPSA) is 79.4 Å². The van der Waals surface area contributed by atoms with Crippen LogP contribution in [0.2, 0.25) is 0 Å². The van der Waals surface area contributed by atoms with Crippen molar-refractivity contribution in [2.24, 2.45) is 0 Å². The summed E-state index contributed by atoms with van der Waals surface area (Å²) in [7, 11) is -3.37. The minimum atomic E-state index is -3.37. The number of benzene rings is 1. The fraction of sp³-hybridized carbons (Fsp3) is 0.400. The summed E-state index contributed by atoms with van der Waals surface area (Å²) in [5.74, 6) is -0.155. The third-order valence-corrected chi connectivity index (χ3v) is 5.92. The first-order valence-corrected chi connectivity index (χ1v) is 11.1. The van der Waals surface area contributed by atoms with Crippen LogP contribution < -0.4 is 5.32 Å². The molecule has 0 bridgehead atoms. The average Bonchev–Trinajstić information content (AvgIpc) is 2.95. The van der Waals surface area contributed by atoms with Crippen molar-refractivity contribution in [3.05, 3.63) is 59.9 Å². The molecule has 0 spiro atoms. The van der Waals surface area contributed by atoms with Crippen LogP contribution >= 0.6 is 0 Å². The van der Waals surface area contributed by atoms with E-state index in [1.807, 2.05) is 23.1 Å². The number of nitrogens with one attached hydrogen (secondary N) is 1. The van der Waals surface area contributed by atoms with E-state index in [1.54, 1.807) is 18.3 Å². The molecule has 0 radical (unpaired) electrons. The Morgan fingerprint density at radius 1 is 1.19 bits per heavy atom. The van der Waals surface area contributed by atoms with Crippen molar-refractivity contribution >= 4 is 15.7 Å². The van der Waals surface area contributed by atoms with E-state index in [4.69, 9.17) is 0 Å². The monoisotopic (exact) mass is 387 g/mol. The van der Waals surface area contributed by atoms with Gasteiger partial charge in [0.25, 0.3) is 5.91 Å². The number of aromatic nitrogens is 1. The molecule has 1 N–H and O–H groups in total. The molecule has 144 valence electrons. The number of pyridine rings is 1. The Morgan fingerprint density at radius 3 is 2.78 bits per heavy atom. The number of rotatable bonds is 5. The van der Waals surface area contributed by atoms with Crippen LogP contribution in [0.4, 0.5) is 0 Å². The molecule has 1 aromatic heterocycles. The summed E-state index contributed by atoms with van der Waals surface area (Å²) in [5, 5.41) is 3.37. The van der Waals surface area contributed by atoms with E-state index in [-0.39, 0.29) is 16.8 Å². The largest absolute Gasteiger partial charge is 0.330 e. The van der Waals surface area contributed by atoms with Crippen LogP contribution in [-0.2, 0) is 16.4 Å². The fourth-order valence-corrected chi connectivity index (χ4v) is 4.04. The third-order valence-electron chi connectivity index (χ3n) is 4.81. The second-order valence-electron chi connectivity index (χ2n) is 6.89. The Bertz CT molecular complexity index is 876. The smallest absolute Gasteiger partial charge is 0.254 e. The third kappa shape index (κ3) is 5.14. The molecule has 1 aliphatic heterocycles. The predicted molar refractivity (Wildman–Crippen MR) is 104 cm³/mol. The minimum absolute atomic E-state index is 0.0939. The number of amides is 1. The van der Waals surface area contributed by atoms with E-state index >= 15 is 0 Å². The lowest BCUT2D eigenvalue weighted by Crippen LogP contribution is -2.40. The quantitative estimate of drug-likeness (QED) is 0.851. The highest BCUT2D eigenvalue weighted by Crippen LogP contribution is 2.21. The van der Waals surface area contributed by atoms with Crippen molar-refractivity contribution < 1.29 is 13.2 Å². The number of hydrogen-bond donors (Lipinski definition) is 1. The van der Waals surface area contributed by atoms with Gasteiger partial charge in [-0.1, -0.05) is 12.1 Å². The van der Waals surface area contributed by atoms with Gasteiger partial charge in [-0.15, -0.1) is 0 Å². The van der Waals surface area contributed by atoms with Crippen molar-refractivity contribution in [2.75, 3.05) is 19.3 Å². The van der Waals surface area contributed by atoms with Gasteiger partial charge in [-0.25, -0.2) is 8.42 Å². The van der Waals surface area contributed by atoms with Crippen LogP contribution in [0, 0.1) is 0 Å². The summed E-state index contributed by atoms with van der Waals surface area (Å²) < 4.78 is 23.7. The molecule has 1 amide bonds. The molecule has 0 aliphatic carbocycles. The summed E-state index contributed by atoms with van der Waals surface area (Å²) >= 11 is 0. The molecule has 2 heterocycles. The van der Waals surface area contributed by atoms with Gasteiger partial charge in [0, 0.05) is 24.1 Å². The molecule has 1 aliphatic rings. The van der Waals surface area contributed by atoms with E-state index in [0.717, 1.165) is 44.3 Å². The second kappa shape index (κ2) is 8.63. The standard InChI is InChI=1S/C20H25N3O3S/c1-27(25,26)19-9-4-6-16(14-19)20(24)23(15-17-7-2-3-12-22-17)18-8-5-11-21-13-10-18/h2-4,6-7,9,12,14,18,21H,5,8,10-11,13,15H2,1H3. The van der Waals surface area contributed by atoms with Gasteiger partial charge >= 0.3 is 0 Å². The summed E-state index contributed by atoms with van der Waals surface area (Å²) in [4.78, 5) is 19.7. The first kappa shape index (κ1) is 19.5. The lowest BCUT2D eigenvalue weighted by Gasteiger charge is -2.31. The van der Waals surface area contributed by atoms with Gasteiger partial charge in [-0.2, -0.15) is 0 Å². The molecule has 1 aromatic carbocycles. The van der Waals surface area contributed by atoms with Gasteiger partial charge in [0.05, 0.1) is 17.1 Å². The molecular formula is C20H25N3O3S. The highest BCUT2D eigenvalue weighted by atomic mass is 32.2. The van der Waals surface area contributed by atoms with E-state index in [2.05, 4.69) is 10.3 Å². The maximum atomic E-state index is 13.3. The second-order valence-corrected chi connectivity index (χ2v) is 8.90. The van der Waals surface area contributed by atoms with Gasteiger partial charge in [0.1, 0.15) is 0 Å². The van der Waals surface area contributed by atoms with Crippen molar-refractivity contribution in [1.82, 2.24) is 15.2 Å². The molecule has 1 fully saturated rings. The first-order valence-electron chi connectivity index (χ1n) is 9.17. The van der Waals surface area contributed by atoms with E-state index in [0.29, 0.717) is 12.1 Å². The zero-order valence-corrected chi connectivity index (χ0v) is 16.3. The number of nitrogens with zero attached hydrogens (tertiary/aromatic N) is 2. The van der Waals surface area contributed by atoms with Crippen molar-refractivity contribution in [2.45, 2.75) is 36.7 Å². The van der Waals surface area contributed by atoms with Crippen LogP contribution in [-0.4, -0.2) is 49.6 Å². The average molecular weight is 388 g/mol. The lowest BCUT2D eigenvalue weighted by atomic mass is 10.0. The maximum absolute atomic E-state index is 13.3. The number of hydrogen-bond acceptors (Lipinski definition) is 5. The molecule has 27 heavy (non-hydrogen) atoms. The molecule has 1 saturated heterocycles. The van der Waals surface area contributed by atoms with Crippen LogP contribution in [0.1, 0.15) is 35.3 Å². The Labute approximate surface area is 160 Å². The number of carbonyl (C=O) groups is 1. The molecular weight excluding hydrogens is 362 g/mol. The highest BCUT2D eigenvalue weighted by molar-refractivity contribution is 7.90. The molecule has 2 aromatic rings.